The molecule has 0 aliphatic heterocycles. The van der Waals surface area contributed by atoms with Crippen molar-refractivity contribution in [1.29, 1.82) is 0 Å². The fraction of sp³-hybridized carbons (Fsp3) is 0.130. The van der Waals surface area contributed by atoms with Crippen LogP contribution in [-0.4, -0.2) is 25.9 Å². The minimum atomic E-state index is -0.110. The van der Waals surface area contributed by atoms with Gasteiger partial charge in [0.05, 0.1) is 12.1 Å². The predicted octanol–water partition coefficient (Wildman–Crippen LogP) is 4.91. The maximum atomic E-state index is 12.2. The molecule has 156 valence electrons. The zero-order valence-electron chi connectivity index (χ0n) is 17.0. The molecule has 0 unspecified atom stereocenters. The van der Waals surface area contributed by atoms with Crippen LogP contribution in [0.25, 0.3) is 5.82 Å². The van der Waals surface area contributed by atoms with Crippen molar-refractivity contribution in [1.82, 2.24) is 20.0 Å². The molecule has 0 aliphatic rings. The van der Waals surface area contributed by atoms with Gasteiger partial charge in [0.1, 0.15) is 5.75 Å². The van der Waals surface area contributed by atoms with Gasteiger partial charge in [0, 0.05) is 22.5 Å². The normalized spacial score (nSPS) is 10.7. The summed E-state index contributed by atoms with van der Waals surface area (Å²) in [6, 6.07) is 19.8. The molecule has 0 radical (unpaired) electrons. The van der Waals surface area contributed by atoms with Crippen LogP contribution in [0.3, 0.4) is 0 Å². The van der Waals surface area contributed by atoms with Crippen LogP contribution in [0.1, 0.15) is 17.0 Å². The molecule has 0 fully saturated rings. The standard InChI is InChI=1S/C23H20ClN5O2/c1-15-13-16(2)29(28-15)21-11-12-23(27-26-21)31-20-9-7-19(8-10-20)25-22(30)14-17-3-5-18(24)6-4-17/h3-13H,14H2,1-2H3,(H,25,30). The Bertz CT molecular complexity index is 1190. The number of aryl methyl sites for hydroxylation is 2. The first-order chi connectivity index (χ1) is 15.0. The monoisotopic (exact) mass is 433 g/mol. The van der Waals surface area contributed by atoms with Gasteiger partial charge >= 0.3 is 0 Å². The highest BCUT2D eigenvalue weighted by Crippen LogP contribution is 2.22. The molecular weight excluding hydrogens is 414 g/mol. The summed E-state index contributed by atoms with van der Waals surface area (Å²) in [6.45, 7) is 3.89. The van der Waals surface area contributed by atoms with Crippen LogP contribution in [0.4, 0.5) is 5.69 Å². The van der Waals surface area contributed by atoms with Crippen molar-refractivity contribution in [3.8, 4) is 17.4 Å². The van der Waals surface area contributed by atoms with Gasteiger partial charge in [-0.15, -0.1) is 10.2 Å². The molecule has 2 heterocycles. The number of anilines is 1. The molecule has 4 aromatic rings. The molecule has 31 heavy (non-hydrogen) atoms. The summed E-state index contributed by atoms with van der Waals surface area (Å²) in [5.41, 5.74) is 3.47. The van der Waals surface area contributed by atoms with Gasteiger partial charge in [-0.3, -0.25) is 4.79 Å². The van der Waals surface area contributed by atoms with Crippen LogP contribution in [0.15, 0.2) is 66.7 Å². The first kappa shape index (κ1) is 20.6. The van der Waals surface area contributed by atoms with Gasteiger partial charge in [-0.25, -0.2) is 4.68 Å². The minimum Gasteiger partial charge on any atom is -0.438 e. The molecule has 7 nitrogen and oxygen atoms in total. The summed E-state index contributed by atoms with van der Waals surface area (Å²) in [6.07, 6.45) is 0.270. The highest BCUT2D eigenvalue weighted by Gasteiger charge is 2.08. The summed E-state index contributed by atoms with van der Waals surface area (Å²) in [7, 11) is 0. The van der Waals surface area contributed by atoms with Gasteiger partial charge in [0.25, 0.3) is 0 Å². The number of rotatable bonds is 6. The average Bonchev–Trinajstić information content (AvgIpc) is 3.10. The number of halogens is 1. The van der Waals surface area contributed by atoms with E-state index in [4.69, 9.17) is 16.3 Å². The second-order valence-corrected chi connectivity index (χ2v) is 7.48. The second kappa shape index (κ2) is 8.97. The van der Waals surface area contributed by atoms with Gasteiger partial charge < -0.3 is 10.1 Å². The van der Waals surface area contributed by atoms with E-state index in [2.05, 4.69) is 20.6 Å². The maximum Gasteiger partial charge on any atom is 0.238 e. The lowest BCUT2D eigenvalue weighted by atomic mass is 10.1. The number of hydrogen-bond donors (Lipinski definition) is 1. The summed E-state index contributed by atoms with van der Waals surface area (Å²) >= 11 is 5.87. The van der Waals surface area contributed by atoms with Gasteiger partial charge in [0.2, 0.25) is 11.8 Å². The van der Waals surface area contributed by atoms with E-state index in [9.17, 15) is 4.79 Å². The van der Waals surface area contributed by atoms with Crippen LogP contribution in [0, 0.1) is 13.8 Å². The summed E-state index contributed by atoms with van der Waals surface area (Å²) in [5, 5.41) is 16.2. The Hall–Kier alpha value is -3.71. The number of nitrogens with zero attached hydrogens (tertiary/aromatic N) is 4. The number of hydrogen-bond acceptors (Lipinski definition) is 5. The van der Waals surface area contributed by atoms with Crippen LogP contribution in [-0.2, 0) is 11.2 Å². The predicted molar refractivity (Wildman–Crippen MR) is 119 cm³/mol. The third-order valence-corrected chi connectivity index (χ3v) is 4.74. The van der Waals surface area contributed by atoms with Crippen molar-refractivity contribution in [3.05, 3.63) is 88.7 Å². The van der Waals surface area contributed by atoms with E-state index < -0.39 is 0 Å². The quantitative estimate of drug-likeness (QED) is 0.467. The van der Waals surface area contributed by atoms with Crippen molar-refractivity contribution in [2.45, 2.75) is 20.3 Å². The maximum absolute atomic E-state index is 12.2. The first-order valence-corrected chi connectivity index (χ1v) is 10.0. The van der Waals surface area contributed by atoms with Crippen molar-refractivity contribution in [2.75, 3.05) is 5.32 Å². The zero-order chi connectivity index (χ0) is 21.8. The van der Waals surface area contributed by atoms with Crippen LogP contribution in [0.2, 0.25) is 5.02 Å². The fourth-order valence-electron chi connectivity index (χ4n) is 3.06. The second-order valence-electron chi connectivity index (χ2n) is 7.05. The highest BCUT2D eigenvalue weighted by atomic mass is 35.5. The number of ether oxygens (including phenoxy) is 1. The van der Waals surface area contributed by atoms with E-state index in [-0.39, 0.29) is 12.3 Å². The minimum absolute atomic E-state index is 0.110. The molecule has 0 saturated carbocycles. The molecule has 1 N–H and O–H groups in total. The summed E-state index contributed by atoms with van der Waals surface area (Å²) in [5.74, 6) is 1.46. The van der Waals surface area contributed by atoms with Crippen molar-refractivity contribution in [2.24, 2.45) is 0 Å². The summed E-state index contributed by atoms with van der Waals surface area (Å²) < 4.78 is 7.47. The number of benzene rings is 2. The van der Waals surface area contributed by atoms with E-state index in [0.29, 0.717) is 28.2 Å². The number of carbonyl (C=O) groups is 1. The van der Waals surface area contributed by atoms with Crippen LogP contribution < -0.4 is 10.1 Å². The molecule has 0 spiro atoms. The highest BCUT2D eigenvalue weighted by molar-refractivity contribution is 6.30. The summed E-state index contributed by atoms with van der Waals surface area (Å²) in [4.78, 5) is 12.2. The Morgan fingerprint density at radius 3 is 2.35 bits per heavy atom. The Kier molecular flexibility index (Phi) is 5.95. The molecule has 8 heteroatoms. The number of nitrogens with one attached hydrogen (secondary N) is 1. The number of aromatic nitrogens is 4. The topological polar surface area (TPSA) is 81.9 Å². The molecule has 1 amide bonds. The lowest BCUT2D eigenvalue weighted by Crippen LogP contribution is -2.14. The van der Waals surface area contributed by atoms with Crippen molar-refractivity contribution >= 4 is 23.2 Å². The van der Waals surface area contributed by atoms with E-state index in [1.165, 1.54) is 0 Å². The van der Waals surface area contributed by atoms with Crippen molar-refractivity contribution in [3.63, 3.8) is 0 Å². The third-order valence-electron chi connectivity index (χ3n) is 4.49. The van der Waals surface area contributed by atoms with Crippen molar-refractivity contribution < 1.29 is 9.53 Å². The lowest BCUT2D eigenvalue weighted by Gasteiger charge is -2.08. The van der Waals surface area contributed by atoms with Crippen LogP contribution in [0.5, 0.6) is 11.6 Å². The third kappa shape index (κ3) is 5.26. The van der Waals surface area contributed by atoms with E-state index in [1.807, 2.05) is 32.0 Å². The van der Waals surface area contributed by atoms with E-state index in [0.717, 1.165) is 17.0 Å². The fourth-order valence-corrected chi connectivity index (χ4v) is 3.19. The molecule has 0 aliphatic carbocycles. The molecule has 0 atom stereocenters. The Morgan fingerprint density at radius 1 is 1.00 bits per heavy atom. The average molecular weight is 434 g/mol. The van der Waals surface area contributed by atoms with Gasteiger partial charge in [-0.1, -0.05) is 23.7 Å². The number of carbonyl (C=O) groups excluding carboxylic acids is 1. The van der Waals surface area contributed by atoms with Gasteiger partial charge in [-0.2, -0.15) is 5.10 Å². The molecule has 2 aromatic carbocycles. The molecular formula is C23H20ClN5O2. The number of amides is 1. The SMILES string of the molecule is Cc1cc(C)n(-c2ccc(Oc3ccc(NC(=O)Cc4ccc(Cl)cc4)cc3)nn2)n1. The van der Waals surface area contributed by atoms with E-state index >= 15 is 0 Å². The first-order valence-electron chi connectivity index (χ1n) is 9.66. The Morgan fingerprint density at radius 2 is 1.74 bits per heavy atom. The van der Waals surface area contributed by atoms with Gasteiger partial charge in [-0.05, 0) is 67.9 Å². The Labute approximate surface area is 184 Å². The lowest BCUT2D eigenvalue weighted by molar-refractivity contribution is -0.115. The molecule has 4 rings (SSSR count). The van der Waals surface area contributed by atoms with Gasteiger partial charge in [0.15, 0.2) is 5.82 Å². The largest absolute Gasteiger partial charge is 0.438 e. The molecule has 2 aromatic heterocycles. The Balaban J connectivity index is 1.35. The molecule has 0 bridgehead atoms. The van der Waals surface area contributed by atoms with Crippen LogP contribution >= 0.6 is 11.6 Å². The van der Waals surface area contributed by atoms with E-state index in [1.54, 1.807) is 53.2 Å². The zero-order valence-corrected chi connectivity index (χ0v) is 17.8. The smallest absolute Gasteiger partial charge is 0.238 e. The molecule has 0 saturated heterocycles.